The van der Waals surface area contributed by atoms with Crippen molar-refractivity contribution in [3.05, 3.63) is 57.3 Å². The van der Waals surface area contributed by atoms with Gasteiger partial charge in [0.1, 0.15) is 6.04 Å². The highest BCUT2D eigenvalue weighted by molar-refractivity contribution is 7.12. The normalized spacial score (nSPS) is 12.1. The second-order valence-corrected chi connectivity index (χ2v) is 7.99. The fourth-order valence-corrected chi connectivity index (χ4v) is 4.07. The average Bonchev–Trinajstić information content (AvgIpc) is 2.95. The van der Waals surface area contributed by atoms with E-state index in [2.05, 4.69) is 61.0 Å². The maximum absolute atomic E-state index is 11.3. The fourth-order valence-electron chi connectivity index (χ4n) is 2.96. The SMILES string of the molecule is CCC(C(=O)O)N(C)Cc1sc(C#CCN(C)Cc2ccccc2)cc1C. The highest BCUT2D eigenvalue weighted by Crippen LogP contribution is 2.23. The van der Waals surface area contributed by atoms with Gasteiger partial charge in [-0.3, -0.25) is 14.6 Å². The average molecular weight is 385 g/mol. The van der Waals surface area contributed by atoms with Gasteiger partial charge in [-0.25, -0.2) is 0 Å². The zero-order chi connectivity index (χ0) is 19.8. The summed E-state index contributed by atoms with van der Waals surface area (Å²) in [5, 5.41) is 9.30. The highest BCUT2D eigenvalue weighted by atomic mass is 32.1. The summed E-state index contributed by atoms with van der Waals surface area (Å²) in [4.78, 5) is 17.6. The topological polar surface area (TPSA) is 43.8 Å². The van der Waals surface area contributed by atoms with Crippen molar-refractivity contribution >= 4 is 17.3 Å². The molecule has 0 aliphatic rings. The maximum Gasteiger partial charge on any atom is 0.320 e. The first-order valence-corrected chi connectivity index (χ1v) is 9.96. The number of hydrogen-bond donors (Lipinski definition) is 1. The zero-order valence-corrected chi connectivity index (χ0v) is 17.3. The zero-order valence-electron chi connectivity index (χ0n) is 16.5. The van der Waals surface area contributed by atoms with Crippen molar-refractivity contribution in [3.63, 3.8) is 0 Å². The second kappa shape index (κ2) is 10.3. The highest BCUT2D eigenvalue weighted by Gasteiger charge is 2.21. The van der Waals surface area contributed by atoms with Gasteiger partial charge in [0.05, 0.1) is 11.4 Å². The molecule has 1 aromatic carbocycles. The van der Waals surface area contributed by atoms with Crippen molar-refractivity contribution < 1.29 is 9.90 Å². The van der Waals surface area contributed by atoms with E-state index < -0.39 is 12.0 Å². The van der Waals surface area contributed by atoms with Crippen LogP contribution in [-0.4, -0.2) is 47.6 Å². The molecule has 0 aliphatic carbocycles. The number of thiophene rings is 1. The van der Waals surface area contributed by atoms with Gasteiger partial charge < -0.3 is 5.11 Å². The summed E-state index contributed by atoms with van der Waals surface area (Å²) >= 11 is 1.66. The van der Waals surface area contributed by atoms with Crippen molar-refractivity contribution in [1.29, 1.82) is 0 Å². The standard InChI is InChI=1S/C22H28N2O2S/c1-5-20(22(25)26)24(4)16-21-17(2)14-19(27-21)12-9-13-23(3)15-18-10-7-6-8-11-18/h6-8,10-11,14,20H,5,13,15-16H2,1-4H3,(H,25,26). The molecule has 0 spiro atoms. The molecule has 4 nitrogen and oxygen atoms in total. The molecule has 0 radical (unpaired) electrons. The molecule has 1 atom stereocenters. The third kappa shape index (κ3) is 6.51. The molecule has 27 heavy (non-hydrogen) atoms. The molecule has 0 amide bonds. The summed E-state index contributed by atoms with van der Waals surface area (Å²) in [5.41, 5.74) is 2.46. The van der Waals surface area contributed by atoms with Crippen molar-refractivity contribution in [3.8, 4) is 11.8 Å². The summed E-state index contributed by atoms with van der Waals surface area (Å²) < 4.78 is 0. The minimum atomic E-state index is -0.768. The van der Waals surface area contributed by atoms with E-state index in [0.717, 1.165) is 11.4 Å². The molecule has 5 heteroatoms. The Balaban J connectivity index is 1.94. The van der Waals surface area contributed by atoms with Crippen molar-refractivity contribution in [1.82, 2.24) is 9.80 Å². The van der Waals surface area contributed by atoms with Crippen molar-refractivity contribution in [2.75, 3.05) is 20.6 Å². The molecule has 1 N–H and O–H groups in total. The minimum absolute atomic E-state index is 0.451. The van der Waals surface area contributed by atoms with E-state index in [1.54, 1.807) is 11.3 Å². The number of benzene rings is 1. The summed E-state index contributed by atoms with van der Waals surface area (Å²) in [6.45, 7) is 6.19. The molecule has 1 heterocycles. The smallest absolute Gasteiger partial charge is 0.320 e. The first-order chi connectivity index (χ1) is 12.9. The van der Waals surface area contributed by atoms with Crippen LogP contribution in [0.2, 0.25) is 0 Å². The van der Waals surface area contributed by atoms with E-state index in [1.807, 2.05) is 24.9 Å². The monoisotopic (exact) mass is 384 g/mol. The molecule has 0 fully saturated rings. The summed E-state index contributed by atoms with van der Waals surface area (Å²) in [7, 11) is 3.93. The summed E-state index contributed by atoms with van der Waals surface area (Å²) in [5.74, 6) is 5.73. The Labute approximate surface area is 166 Å². The van der Waals surface area contributed by atoms with Gasteiger partial charge in [-0.1, -0.05) is 49.1 Å². The van der Waals surface area contributed by atoms with Crippen molar-refractivity contribution in [2.24, 2.45) is 0 Å². The Morgan fingerprint density at radius 2 is 1.93 bits per heavy atom. The van der Waals surface area contributed by atoms with Crippen LogP contribution in [0.15, 0.2) is 36.4 Å². The largest absolute Gasteiger partial charge is 0.480 e. The van der Waals surface area contributed by atoms with E-state index in [-0.39, 0.29) is 0 Å². The van der Waals surface area contributed by atoms with Gasteiger partial charge in [0.15, 0.2) is 0 Å². The molecule has 1 aromatic heterocycles. The Kier molecular flexibility index (Phi) is 8.05. The van der Waals surface area contributed by atoms with Gasteiger partial charge in [0.2, 0.25) is 0 Å². The number of aryl methyl sites for hydroxylation is 1. The van der Waals surface area contributed by atoms with E-state index in [0.29, 0.717) is 19.5 Å². The van der Waals surface area contributed by atoms with Gasteiger partial charge in [0, 0.05) is 18.0 Å². The van der Waals surface area contributed by atoms with E-state index >= 15 is 0 Å². The Hall–Kier alpha value is -2.13. The number of carboxylic acid groups (broad SMARTS) is 1. The first-order valence-electron chi connectivity index (χ1n) is 9.14. The molecule has 0 aliphatic heterocycles. The van der Waals surface area contributed by atoms with Gasteiger partial charge in [-0.15, -0.1) is 11.3 Å². The van der Waals surface area contributed by atoms with E-state index in [4.69, 9.17) is 0 Å². The number of likely N-dealkylation sites (N-methyl/N-ethyl adjacent to an activating group) is 1. The van der Waals surface area contributed by atoms with Crippen LogP contribution in [0.1, 0.15) is 34.2 Å². The third-order valence-electron chi connectivity index (χ3n) is 4.47. The molecule has 1 unspecified atom stereocenters. The van der Waals surface area contributed by atoms with Gasteiger partial charge in [-0.05, 0) is 44.6 Å². The number of carboxylic acids is 1. The summed E-state index contributed by atoms with van der Waals surface area (Å²) in [6, 6.07) is 12.0. The second-order valence-electron chi connectivity index (χ2n) is 6.85. The van der Waals surface area contributed by atoms with Crippen LogP contribution in [0, 0.1) is 18.8 Å². The molecule has 0 saturated heterocycles. The van der Waals surface area contributed by atoms with Gasteiger partial charge in [0.25, 0.3) is 0 Å². The maximum atomic E-state index is 11.3. The van der Waals surface area contributed by atoms with Crippen LogP contribution in [0.5, 0.6) is 0 Å². The van der Waals surface area contributed by atoms with Crippen LogP contribution in [0.25, 0.3) is 0 Å². The van der Waals surface area contributed by atoms with Crippen LogP contribution >= 0.6 is 11.3 Å². The van der Waals surface area contributed by atoms with E-state index in [1.165, 1.54) is 16.0 Å². The molecular weight excluding hydrogens is 356 g/mol. The fraction of sp³-hybridized carbons (Fsp3) is 0.409. The molecule has 2 rings (SSSR count). The molecule has 0 bridgehead atoms. The van der Waals surface area contributed by atoms with Crippen LogP contribution in [-0.2, 0) is 17.9 Å². The number of aliphatic carboxylic acids is 1. The lowest BCUT2D eigenvalue weighted by atomic mass is 10.2. The van der Waals surface area contributed by atoms with Crippen LogP contribution in [0.3, 0.4) is 0 Å². The lowest BCUT2D eigenvalue weighted by molar-refractivity contribution is -0.143. The quantitative estimate of drug-likeness (QED) is 0.703. The predicted octanol–water partition coefficient (Wildman–Crippen LogP) is 3.84. The number of rotatable bonds is 8. The number of carbonyl (C=O) groups is 1. The lowest BCUT2D eigenvalue weighted by Crippen LogP contribution is -2.37. The van der Waals surface area contributed by atoms with Crippen molar-refractivity contribution in [2.45, 2.75) is 39.4 Å². The third-order valence-corrected chi connectivity index (χ3v) is 5.61. The molecular formula is C22H28N2O2S. The first kappa shape index (κ1) is 21.2. The molecule has 0 saturated carbocycles. The van der Waals surface area contributed by atoms with E-state index in [9.17, 15) is 9.90 Å². The predicted molar refractivity (Wildman–Crippen MR) is 112 cm³/mol. The lowest BCUT2D eigenvalue weighted by Gasteiger charge is -2.23. The number of hydrogen-bond acceptors (Lipinski definition) is 4. The van der Waals surface area contributed by atoms with Crippen LogP contribution in [0.4, 0.5) is 0 Å². The minimum Gasteiger partial charge on any atom is -0.480 e. The Morgan fingerprint density at radius 1 is 1.22 bits per heavy atom. The Morgan fingerprint density at radius 3 is 2.56 bits per heavy atom. The van der Waals surface area contributed by atoms with Gasteiger partial charge in [-0.2, -0.15) is 0 Å². The molecule has 2 aromatic rings. The summed E-state index contributed by atoms with van der Waals surface area (Å²) in [6.07, 6.45) is 0.594. The van der Waals surface area contributed by atoms with Crippen LogP contribution < -0.4 is 0 Å². The number of nitrogens with zero attached hydrogens (tertiary/aromatic N) is 2. The van der Waals surface area contributed by atoms with Gasteiger partial charge >= 0.3 is 5.97 Å². The Bertz CT molecular complexity index is 805. The molecule has 144 valence electrons.